The lowest BCUT2D eigenvalue weighted by molar-refractivity contribution is -0.125. The normalized spacial score (nSPS) is 20.6. The first kappa shape index (κ1) is 22.7. The van der Waals surface area contributed by atoms with Gasteiger partial charge in [0, 0.05) is 12.1 Å². The second-order valence-corrected chi connectivity index (χ2v) is 10.1. The molecule has 9 heteroatoms. The minimum Gasteiger partial charge on any atom is -0.493 e. The smallest absolute Gasteiger partial charge is 0.226 e. The Kier molecular flexibility index (Phi) is 5.78. The molecule has 2 atom stereocenters. The molecule has 2 unspecified atom stereocenters. The van der Waals surface area contributed by atoms with E-state index < -0.39 is 0 Å². The summed E-state index contributed by atoms with van der Waals surface area (Å²) in [5.41, 5.74) is 2.42. The van der Waals surface area contributed by atoms with Gasteiger partial charge >= 0.3 is 0 Å². The summed E-state index contributed by atoms with van der Waals surface area (Å²) < 4.78 is 13.4. The number of halogens is 2. The molecule has 34 heavy (non-hydrogen) atoms. The Morgan fingerprint density at radius 2 is 1.97 bits per heavy atom. The summed E-state index contributed by atoms with van der Waals surface area (Å²) in [6.07, 6.45) is 4.09. The highest BCUT2D eigenvalue weighted by molar-refractivity contribution is 6.42. The molecule has 2 heterocycles. The number of allylic oxidation sites excluding steroid dienone is 2. The third-order valence-corrected chi connectivity index (χ3v) is 6.91. The average Bonchev–Trinajstić information content (AvgIpc) is 3.25. The van der Waals surface area contributed by atoms with Gasteiger partial charge in [-0.05, 0) is 40.8 Å². The Morgan fingerprint density at radius 3 is 2.74 bits per heavy atom. The van der Waals surface area contributed by atoms with Crippen LogP contribution in [0.3, 0.4) is 0 Å². The number of fused-ring (bicyclic) bond motifs is 2. The van der Waals surface area contributed by atoms with E-state index in [0.717, 1.165) is 16.8 Å². The third-order valence-electron chi connectivity index (χ3n) is 6.17. The maximum absolute atomic E-state index is 13.3. The zero-order chi connectivity index (χ0) is 24.0. The van der Waals surface area contributed by atoms with Crippen LogP contribution in [0.15, 0.2) is 54.5 Å². The lowest BCUT2D eigenvalue weighted by atomic mass is 9.72. The molecule has 3 aromatic rings. The molecule has 0 saturated heterocycles. The topological polar surface area (TPSA) is 78.3 Å². The van der Waals surface area contributed by atoms with Crippen molar-refractivity contribution in [3.05, 3.63) is 75.7 Å². The lowest BCUT2D eigenvalue weighted by Gasteiger charge is -2.40. The van der Waals surface area contributed by atoms with Crippen LogP contribution in [0.4, 0.5) is 5.95 Å². The molecule has 0 saturated carbocycles. The van der Waals surface area contributed by atoms with Crippen molar-refractivity contribution in [2.45, 2.75) is 32.9 Å². The maximum atomic E-state index is 13.3. The Labute approximate surface area is 207 Å². The highest BCUT2D eigenvalue weighted by atomic mass is 35.5. The second kappa shape index (κ2) is 8.64. The Morgan fingerprint density at radius 1 is 1.15 bits per heavy atom. The van der Waals surface area contributed by atoms with Crippen LogP contribution in [0.25, 0.3) is 0 Å². The van der Waals surface area contributed by atoms with Gasteiger partial charge in [0.05, 0.1) is 29.1 Å². The number of carbonyl (C=O) groups is 1. The van der Waals surface area contributed by atoms with Gasteiger partial charge in [-0.25, -0.2) is 4.68 Å². The monoisotopic (exact) mass is 498 g/mol. The van der Waals surface area contributed by atoms with Crippen LogP contribution in [0.5, 0.6) is 11.5 Å². The summed E-state index contributed by atoms with van der Waals surface area (Å²) in [6.45, 7) is 4.43. The van der Waals surface area contributed by atoms with Crippen molar-refractivity contribution >= 4 is 34.9 Å². The van der Waals surface area contributed by atoms with Gasteiger partial charge in [-0.15, -0.1) is 0 Å². The number of aromatic nitrogens is 3. The van der Waals surface area contributed by atoms with Crippen molar-refractivity contribution in [3.8, 4) is 11.5 Å². The molecule has 0 bridgehead atoms. The van der Waals surface area contributed by atoms with Gasteiger partial charge in [-0.1, -0.05) is 55.3 Å². The minimum absolute atomic E-state index is 0.167. The Balaban J connectivity index is 1.48. The zero-order valence-electron chi connectivity index (χ0n) is 19.0. The average molecular weight is 499 g/mol. The number of rotatable bonds is 5. The van der Waals surface area contributed by atoms with E-state index in [9.17, 15) is 4.79 Å². The number of nitrogens with zero attached hydrogens (tertiary/aromatic N) is 3. The molecule has 1 aliphatic carbocycles. The molecule has 1 N–H and O–H groups in total. The summed E-state index contributed by atoms with van der Waals surface area (Å²) in [5, 5.41) is 8.69. The first-order valence-corrected chi connectivity index (χ1v) is 11.7. The van der Waals surface area contributed by atoms with Crippen molar-refractivity contribution in [2.75, 3.05) is 12.4 Å². The molecule has 2 aromatic carbocycles. The Bertz CT molecular complexity index is 1300. The van der Waals surface area contributed by atoms with Crippen molar-refractivity contribution in [2.24, 2.45) is 11.3 Å². The lowest BCUT2D eigenvalue weighted by Crippen LogP contribution is -2.42. The van der Waals surface area contributed by atoms with Crippen LogP contribution in [-0.4, -0.2) is 27.7 Å². The fourth-order valence-electron chi connectivity index (χ4n) is 4.68. The predicted molar refractivity (Wildman–Crippen MR) is 131 cm³/mol. The highest BCUT2D eigenvalue weighted by Gasteiger charge is 2.44. The SMILES string of the molecule is COc1cc(C2C3C(=O)CC(C)(C)C=C3Nc3ncnn32)ccc1OCc1ccc(Cl)c(Cl)c1. The molecular weight excluding hydrogens is 475 g/mol. The number of benzene rings is 2. The van der Waals surface area contributed by atoms with Crippen LogP contribution < -0.4 is 14.8 Å². The molecule has 7 nitrogen and oxygen atoms in total. The van der Waals surface area contributed by atoms with Gasteiger partial charge in [-0.2, -0.15) is 10.1 Å². The number of carbonyl (C=O) groups excluding carboxylic acids is 1. The molecule has 0 spiro atoms. The zero-order valence-corrected chi connectivity index (χ0v) is 20.5. The number of Topliss-reactive ketones (excluding diaryl/α,β-unsaturated/α-hetero) is 1. The van der Waals surface area contributed by atoms with E-state index in [1.807, 2.05) is 24.3 Å². The van der Waals surface area contributed by atoms with E-state index in [1.54, 1.807) is 23.9 Å². The number of ether oxygens (including phenoxy) is 2. The van der Waals surface area contributed by atoms with Crippen LogP contribution in [0.1, 0.15) is 37.4 Å². The summed E-state index contributed by atoms with van der Waals surface area (Å²) >= 11 is 12.1. The molecule has 176 valence electrons. The summed E-state index contributed by atoms with van der Waals surface area (Å²) in [6, 6.07) is 10.7. The number of ketones is 1. The summed E-state index contributed by atoms with van der Waals surface area (Å²) in [5.74, 6) is 1.54. The molecular formula is C25H24Cl2N4O3. The number of methoxy groups -OCH3 is 1. The summed E-state index contributed by atoms with van der Waals surface area (Å²) in [4.78, 5) is 17.6. The van der Waals surface area contributed by atoms with Gasteiger partial charge in [-0.3, -0.25) is 4.79 Å². The number of hydrogen-bond acceptors (Lipinski definition) is 6. The standard InChI is InChI=1S/C25H24Cl2N4O3/c1-25(2)10-18-22(19(32)11-25)23(31-24(30-18)28-13-29-31)15-5-7-20(21(9-15)33-3)34-12-14-4-6-16(26)17(27)8-14/h4-10,13,22-23H,11-12H2,1-3H3,(H,28,29,30). The fourth-order valence-corrected chi connectivity index (χ4v) is 5.00. The van der Waals surface area contributed by atoms with E-state index in [0.29, 0.717) is 40.5 Å². The van der Waals surface area contributed by atoms with E-state index in [-0.39, 0.29) is 23.2 Å². The Hall–Kier alpha value is -3.03. The van der Waals surface area contributed by atoms with Gasteiger partial charge in [0.2, 0.25) is 5.95 Å². The highest BCUT2D eigenvalue weighted by Crippen LogP contribution is 2.46. The van der Waals surface area contributed by atoms with Crippen LogP contribution in [0, 0.1) is 11.3 Å². The van der Waals surface area contributed by atoms with Gasteiger partial charge in [0.1, 0.15) is 18.7 Å². The van der Waals surface area contributed by atoms with Crippen LogP contribution in [0.2, 0.25) is 10.0 Å². The van der Waals surface area contributed by atoms with E-state index in [1.165, 1.54) is 6.33 Å². The van der Waals surface area contributed by atoms with E-state index >= 15 is 0 Å². The number of hydrogen-bond donors (Lipinski definition) is 1. The molecule has 1 aromatic heterocycles. The second-order valence-electron chi connectivity index (χ2n) is 9.25. The van der Waals surface area contributed by atoms with Crippen molar-refractivity contribution < 1.29 is 14.3 Å². The van der Waals surface area contributed by atoms with Crippen LogP contribution in [-0.2, 0) is 11.4 Å². The molecule has 5 rings (SSSR count). The van der Waals surface area contributed by atoms with Crippen LogP contribution >= 0.6 is 23.2 Å². The fraction of sp³-hybridized carbons (Fsp3) is 0.320. The first-order valence-electron chi connectivity index (χ1n) is 10.9. The quantitative estimate of drug-likeness (QED) is 0.486. The largest absolute Gasteiger partial charge is 0.493 e. The summed E-state index contributed by atoms with van der Waals surface area (Å²) in [7, 11) is 1.59. The van der Waals surface area contributed by atoms with Gasteiger partial charge < -0.3 is 14.8 Å². The molecule has 1 aliphatic heterocycles. The predicted octanol–water partition coefficient (Wildman–Crippen LogP) is 5.69. The van der Waals surface area contributed by atoms with Crippen molar-refractivity contribution in [3.63, 3.8) is 0 Å². The molecule has 0 amide bonds. The maximum Gasteiger partial charge on any atom is 0.226 e. The van der Waals surface area contributed by atoms with E-state index in [4.69, 9.17) is 32.7 Å². The van der Waals surface area contributed by atoms with Crippen molar-refractivity contribution in [1.29, 1.82) is 0 Å². The minimum atomic E-state index is -0.380. The molecule has 2 aliphatic rings. The number of nitrogens with one attached hydrogen (secondary N) is 1. The number of anilines is 1. The first-order chi connectivity index (χ1) is 16.3. The van der Waals surface area contributed by atoms with Crippen molar-refractivity contribution in [1.82, 2.24) is 14.8 Å². The van der Waals surface area contributed by atoms with Gasteiger partial charge in [0.25, 0.3) is 0 Å². The molecule has 0 radical (unpaired) electrons. The van der Waals surface area contributed by atoms with E-state index in [2.05, 4.69) is 35.3 Å². The third kappa shape index (κ3) is 4.14. The molecule has 0 fully saturated rings. The van der Waals surface area contributed by atoms with Gasteiger partial charge in [0.15, 0.2) is 11.5 Å².